The van der Waals surface area contributed by atoms with Gasteiger partial charge in [-0.15, -0.1) is 0 Å². The zero-order chi connectivity index (χ0) is 10.1. The third-order valence-corrected chi connectivity index (χ3v) is 3.25. The summed E-state index contributed by atoms with van der Waals surface area (Å²) in [4.78, 5) is 0. The van der Waals surface area contributed by atoms with E-state index < -0.39 is 0 Å². The third kappa shape index (κ3) is 1.74. The highest BCUT2D eigenvalue weighted by Crippen LogP contribution is 2.33. The average Bonchev–Trinajstić information content (AvgIpc) is 2.51. The van der Waals surface area contributed by atoms with Gasteiger partial charge in [-0.05, 0) is 50.1 Å². The SMILES string of the molecule is NC1=CCN(c2c(Br)cccc2Br)N1. The summed E-state index contributed by atoms with van der Waals surface area (Å²) in [6.45, 7) is 0.771. The molecule has 0 spiro atoms. The van der Waals surface area contributed by atoms with Crippen molar-refractivity contribution in [3.05, 3.63) is 39.0 Å². The number of para-hydroxylation sites is 1. The summed E-state index contributed by atoms with van der Waals surface area (Å²) in [5.41, 5.74) is 9.76. The normalized spacial score (nSPS) is 15.3. The lowest BCUT2D eigenvalue weighted by molar-refractivity contribution is 0.793. The van der Waals surface area contributed by atoms with Crippen molar-refractivity contribution in [3.63, 3.8) is 0 Å². The van der Waals surface area contributed by atoms with Crippen LogP contribution >= 0.6 is 31.9 Å². The largest absolute Gasteiger partial charge is 0.384 e. The summed E-state index contributed by atoms with van der Waals surface area (Å²) in [7, 11) is 0. The lowest BCUT2D eigenvalue weighted by Crippen LogP contribution is -2.34. The first-order valence-corrected chi connectivity index (χ1v) is 5.71. The molecule has 14 heavy (non-hydrogen) atoms. The Kier molecular flexibility index (Phi) is 2.69. The lowest BCUT2D eigenvalue weighted by Gasteiger charge is -2.22. The molecule has 1 heterocycles. The van der Waals surface area contributed by atoms with E-state index in [9.17, 15) is 0 Å². The van der Waals surface area contributed by atoms with Gasteiger partial charge in [0.2, 0.25) is 0 Å². The molecule has 1 aromatic rings. The number of nitrogens with one attached hydrogen (secondary N) is 1. The van der Waals surface area contributed by atoms with Crippen LogP contribution in [-0.2, 0) is 0 Å². The number of hydrogen-bond acceptors (Lipinski definition) is 3. The Morgan fingerprint density at radius 1 is 1.29 bits per heavy atom. The molecule has 3 N–H and O–H groups in total. The summed E-state index contributed by atoms with van der Waals surface area (Å²) in [6, 6.07) is 5.97. The molecule has 0 aliphatic carbocycles. The number of anilines is 1. The van der Waals surface area contributed by atoms with E-state index >= 15 is 0 Å². The summed E-state index contributed by atoms with van der Waals surface area (Å²) in [5, 5.41) is 1.98. The fraction of sp³-hybridized carbons (Fsp3) is 0.111. The quantitative estimate of drug-likeness (QED) is 0.835. The van der Waals surface area contributed by atoms with E-state index in [4.69, 9.17) is 5.73 Å². The molecule has 1 aliphatic heterocycles. The number of nitrogens with zero attached hydrogens (tertiary/aromatic N) is 1. The number of hydrazine groups is 1. The first kappa shape index (κ1) is 9.86. The van der Waals surface area contributed by atoms with Gasteiger partial charge < -0.3 is 5.73 Å². The molecule has 1 aliphatic rings. The topological polar surface area (TPSA) is 41.3 Å². The van der Waals surface area contributed by atoms with Gasteiger partial charge in [0.15, 0.2) is 0 Å². The maximum absolute atomic E-state index is 5.64. The highest BCUT2D eigenvalue weighted by molar-refractivity contribution is 9.11. The molecule has 0 saturated carbocycles. The summed E-state index contributed by atoms with van der Waals surface area (Å²) < 4.78 is 2.06. The lowest BCUT2D eigenvalue weighted by atomic mass is 10.3. The Balaban J connectivity index is 2.33. The highest BCUT2D eigenvalue weighted by atomic mass is 79.9. The van der Waals surface area contributed by atoms with Crippen LogP contribution in [0.15, 0.2) is 39.0 Å². The highest BCUT2D eigenvalue weighted by Gasteiger charge is 2.16. The van der Waals surface area contributed by atoms with Crippen LogP contribution < -0.4 is 16.2 Å². The fourth-order valence-corrected chi connectivity index (χ4v) is 2.76. The predicted molar refractivity (Wildman–Crippen MR) is 64.6 cm³/mol. The van der Waals surface area contributed by atoms with Crippen LogP contribution in [0, 0.1) is 0 Å². The maximum atomic E-state index is 5.64. The van der Waals surface area contributed by atoms with Gasteiger partial charge in [0.05, 0.1) is 12.2 Å². The van der Waals surface area contributed by atoms with Gasteiger partial charge in [0.1, 0.15) is 5.82 Å². The van der Waals surface area contributed by atoms with Crippen molar-refractivity contribution >= 4 is 37.5 Å². The molecule has 0 aromatic heterocycles. The van der Waals surface area contributed by atoms with Gasteiger partial charge in [-0.3, -0.25) is 10.4 Å². The Labute approximate surface area is 99.2 Å². The number of hydrogen-bond donors (Lipinski definition) is 2. The molecule has 0 saturated heterocycles. The van der Waals surface area contributed by atoms with Gasteiger partial charge in [-0.2, -0.15) is 0 Å². The van der Waals surface area contributed by atoms with Crippen molar-refractivity contribution < 1.29 is 0 Å². The van der Waals surface area contributed by atoms with Crippen molar-refractivity contribution in [2.24, 2.45) is 5.73 Å². The minimum Gasteiger partial charge on any atom is -0.384 e. The second-order valence-corrected chi connectivity index (χ2v) is 4.66. The fourth-order valence-electron chi connectivity index (χ4n) is 1.33. The molecular weight excluding hydrogens is 310 g/mol. The van der Waals surface area contributed by atoms with Crippen LogP contribution in [0.4, 0.5) is 5.69 Å². The van der Waals surface area contributed by atoms with Crippen molar-refractivity contribution in [3.8, 4) is 0 Å². The van der Waals surface area contributed by atoms with E-state index in [1.54, 1.807) is 0 Å². The standard InChI is InChI=1S/C9H9Br2N3/c10-6-2-1-3-7(11)9(6)14-5-4-8(12)13-14/h1-4,13H,5,12H2. The molecule has 0 unspecified atom stereocenters. The van der Waals surface area contributed by atoms with Crippen LogP contribution in [-0.4, -0.2) is 6.54 Å². The molecule has 3 nitrogen and oxygen atoms in total. The molecule has 2 rings (SSSR count). The van der Waals surface area contributed by atoms with Crippen molar-refractivity contribution in [1.29, 1.82) is 0 Å². The average molecular weight is 319 g/mol. The van der Waals surface area contributed by atoms with Crippen LogP contribution in [0.25, 0.3) is 0 Å². The second kappa shape index (κ2) is 3.82. The molecule has 0 atom stereocenters. The zero-order valence-electron chi connectivity index (χ0n) is 7.30. The number of rotatable bonds is 1. The van der Waals surface area contributed by atoms with Gasteiger partial charge in [-0.1, -0.05) is 6.07 Å². The maximum Gasteiger partial charge on any atom is 0.113 e. The molecule has 74 valence electrons. The molecule has 1 aromatic carbocycles. The smallest absolute Gasteiger partial charge is 0.113 e. The molecular formula is C9H9Br2N3. The van der Waals surface area contributed by atoms with Crippen LogP contribution in [0.2, 0.25) is 0 Å². The van der Waals surface area contributed by atoms with Crippen LogP contribution in [0.3, 0.4) is 0 Å². The minimum absolute atomic E-state index is 0.688. The Morgan fingerprint density at radius 3 is 2.43 bits per heavy atom. The first-order valence-electron chi connectivity index (χ1n) is 4.12. The van der Waals surface area contributed by atoms with Crippen molar-refractivity contribution in [2.75, 3.05) is 11.6 Å². The summed E-state index contributed by atoms with van der Waals surface area (Å²) in [6.07, 6.45) is 1.94. The molecule has 0 radical (unpaired) electrons. The molecule has 0 bridgehead atoms. The Hall–Kier alpha value is -0.680. The molecule has 0 amide bonds. The zero-order valence-corrected chi connectivity index (χ0v) is 10.5. The number of benzene rings is 1. The monoisotopic (exact) mass is 317 g/mol. The van der Waals surface area contributed by atoms with E-state index in [0.717, 1.165) is 21.2 Å². The minimum atomic E-state index is 0.688. The van der Waals surface area contributed by atoms with E-state index in [2.05, 4.69) is 37.3 Å². The third-order valence-electron chi connectivity index (χ3n) is 1.97. The van der Waals surface area contributed by atoms with Gasteiger partial charge in [0.25, 0.3) is 0 Å². The van der Waals surface area contributed by atoms with E-state index in [-0.39, 0.29) is 0 Å². The van der Waals surface area contributed by atoms with Crippen molar-refractivity contribution in [2.45, 2.75) is 0 Å². The Morgan fingerprint density at radius 2 is 1.93 bits per heavy atom. The predicted octanol–water partition coefficient (Wildman–Crippen LogP) is 2.34. The van der Waals surface area contributed by atoms with Crippen LogP contribution in [0.1, 0.15) is 0 Å². The summed E-state index contributed by atoms with van der Waals surface area (Å²) >= 11 is 7.00. The summed E-state index contributed by atoms with van der Waals surface area (Å²) in [5.74, 6) is 0.688. The first-order chi connectivity index (χ1) is 6.68. The van der Waals surface area contributed by atoms with Gasteiger partial charge in [0, 0.05) is 8.95 Å². The molecule has 0 fully saturated rings. The van der Waals surface area contributed by atoms with E-state index in [1.807, 2.05) is 29.3 Å². The van der Waals surface area contributed by atoms with Gasteiger partial charge >= 0.3 is 0 Å². The van der Waals surface area contributed by atoms with Gasteiger partial charge in [-0.25, -0.2) is 0 Å². The van der Waals surface area contributed by atoms with Crippen molar-refractivity contribution in [1.82, 2.24) is 5.43 Å². The number of nitrogens with two attached hydrogens (primary N) is 1. The molecule has 5 heteroatoms. The van der Waals surface area contributed by atoms with E-state index in [0.29, 0.717) is 5.82 Å². The van der Waals surface area contributed by atoms with E-state index in [1.165, 1.54) is 0 Å². The second-order valence-electron chi connectivity index (χ2n) is 2.95. The Bertz CT molecular complexity index is 369. The number of halogens is 2. The van der Waals surface area contributed by atoms with Crippen LogP contribution in [0.5, 0.6) is 0 Å².